The number of ketones is 1. The third kappa shape index (κ3) is 1.80. The highest BCUT2D eigenvalue weighted by atomic mass is 32.1. The Bertz CT molecular complexity index is 733. The third-order valence-electron chi connectivity index (χ3n) is 2.82. The zero-order valence-electron chi connectivity index (χ0n) is 9.75. The van der Waals surface area contributed by atoms with Crippen LogP contribution in [0.2, 0.25) is 0 Å². The molecule has 0 saturated carbocycles. The summed E-state index contributed by atoms with van der Waals surface area (Å²) in [5.41, 5.74) is 4.07. The Balaban J connectivity index is 2.10. The Labute approximate surface area is 108 Å². The Morgan fingerprint density at radius 1 is 1.22 bits per heavy atom. The van der Waals surface area contributed by atoms with Gasteiger partial charge in [0.05, 0.1) is 21.6 Å². The van der Waals surface area contributed by atoms with Crippen LogP contribution < -0.4 is 0 Å². The Hall–Kier alpha value is -2.07. The molecule has 3 aromatic rings. The largest absolute Gasteiger partial charge is 0.288 e. The molecule has 0 aliphatic heterocycles. The minimum absolute atomic E-state index is 0.0285. The maximum atomic E-state index is 12.3. The molecular formula is C14H10N2OS. The molecule has 0 amide bonds. The second kappa shape index (κ2) is 4.31. The van der Waals surface area contributed by atoms with Crippen LogP contribution in [0.5, 0.6) is 0 Å². The normalized spacial score (nSPS) is 10.7. The molecule has 1 aromatic carbocycles. The summed E-state index contributed by atoms with van der Waals surface area (Å²) in [6, 6.07) is 9.40. The van der Waals surface area contributed by atoms with Crippen LogP contribution in [-0.2, 0) is 0 Å². The molecule has 0 radical (unpaired) electrons. The van der Waals surface area contributed by atoms with Gasteiger partial charge in [-0.3, -0.25) is 9.78 Å². The summed E-state index contributed by atoms with van der Waals surface area (Å²) in [6.07, 6.45) is 1.75. The van der Waals surface area contributed by atoms with Crippen molar-refractivity contribution < 1.29 is 4.79 Å². The number of rotatable bonds is 2. The molecule has 0 fully saturated rings. The fourth-order valence-corrected chi connectivity index (χ4v) is 2.63. The van der Waals surface area contributed by atoms with Gasteiger partial charge in [-0.2, -0.15) is 0 Å². The number of pyridine rings is 1. The minimum atomic E-state index is 0.0285. The second-order valence-corrected chi connectivity index (χ2v) is 4.86. The van der Waals surface area contributed by atoms with E-state index in [2.05, 4.69) is 9.97 Å². The topological polar surface area (TPSA) is 42.9 Å². The number of carbonyl (C=O) groups excluding carboxylic acids is 1. The van der Waals surface area contributed by atoms with E-state index in [4.69, 9.17) is 0 Å². The van der Waals surface area contributed by atoms with Gasteiger partial charge in [0, 0.05) is 17.1 Å². The van der Waals surface area contributed by atoms with Gasteiger partial charge in [-0.15, -0.1) is 11.3 Å². The number of hydrogen-bond donors (Lipinski definition) is 0. The number of carbonyl (C=O) groups is 1. The Morgan fingerprint density at radius 3 is 2.89 bits per heavy atom. The summed E-state index contributed by atoms with van der Waals surface area (Å²) >= 11 is 1.38. The van der Waals surface area contributed by atoms with Crippen LogP contribution in [0.1, 0.15) is 20.9 Å². The summed E-state index contributed by atoms with van der Waals surface area (Å²) in [4.78, 5) is 21.4. The van der Waals surface area contributed by atoms with Gasteiger partial charge in [-0.1, -0.05) is 6.07 Å². The lowest BCUT2D eigenvalue weighted by Crippen LogP contribution is -2.00. The molecule has 4 heteroatoms. The Morgan fingerprint density at radius 2 is 2.11 bits per heavy atom. The molecule has 18 heavy (non-hydrogen) atoms. The first-order valence-corrected chi connectivity index (χ1v) is 6.43. The third-order valence-corrected chi connectivity index (χ3v) is 3.74. The lowest BCUT2D eigenvalue weighted by Gasteiger charge is -2.01. The number of hydrogen-bond acceptors (Lipinski definition) is 4. The van der Waals surface area contributed by atoms with E-state index in [0.29, 0.717) is 10.4 Å². The summed E-state index contributed by atoms with van der Waals surface area (Å²) in [7, 11) is 0. The van der Waals surface area contributed by atoms with Crippen molar-refractivity contribution in [2.75, 3.05) is 0 Å². The van der Waals surface area contributed by atoms with Gasteiger partial charge in [0.1, 0.15) is 0 Å². The summed E-state index contributed by atoms with van der Waals surface area (Å²) in [5.74, 6) is 0.0285. The van der Waals surface area contributed by atoms with E-state index in [1.165, 1.54) is 11.3 Å². The van der Waals surface area contributed by atoms with Crippen LogP contribution in [-0.4, -0.2) is 15.8 Å². The van der Waals surface area contributed by atoms with E-state index in [1.807, 2.05) is 37.3 Å². The van der Waals surface area contributed by atoms with Crippen LogP contribution in [0.25, 0.3) is 10.9 Å². The van der Waals surface area contributed by atoms with E-state index in [-0.39, 0.29) is 5.78 Å². The fourth-order valence-electron chi connectivity index (χ4n) is 1.87. The number of nitrogens with zero attached hydrogens (tertiary/aromatic N) is 2. The van der Waals surface area contributed by atoms with Crippen molar-refractivity contribution in [3.63, 3.8) is 0 Å². The molecule has 2 heterocycles. The first-order chi connectivity index (χ1) is 8.75. The second-order valence-electron chi connectivity index (χ2n) is 4.01. The average molecular weight is 254 g/mol. The van der Waals surface area contributed by atoms with Gasteiger partial charge in [0.2, 0.25) is 5.78 Å². The molecule has 3 nitrogen and oxygen atoms in total. The molecular weight excluding hydrogens is 244 g/mol. The lowest BCUT2D eigenvalue weighted by molar-refractivity contribution is 0.104. The van der Waals surface area contributed by atoms with Crippen molar-refractivity contribution in [2.24, 2.45) is 0 Å². The van der Waals surface area contributed by atoms with Crippen molar-refractivity contribution in [3.8, 4) is 0 Å². The summed E-state index contributed by atoms with van der Waals surface area (Å²) in [5, 5.41) is 0.977. The van der Waals surface area contributed by atoms with Gasteiger partial charge in [0.25, 0.3) is 0 Å². The molecule has 0 saturated heterocycles. The predicted molar refractivity (Wildman–Crippen MR) is 72.0 cm³/mol. The fraction of sp³-hybridized carbons (Fsp3) is 0.0714. The van der Waals surface area contributed by atoms with Crippen molar-refractivity contribution in [1.29, 1.82) is 0 Å². The number of fused-ring (bicyclic) bond motifs is 1. The lowest BCUT2D eigenvalue weighted by atomic mass is 10.1. The van der Waals surface area contributed by atoms with Gasteiger partial charge in [-0.25, -0.2) is 4.98 Å². The van der Waals surface area contributed by atoms with E-state index < -0.39 is 0 Å². The molecule has 0 atom stereocenters. The zero-order valence-corrected chi connectivity index (χ0v) is 10.6. The smallest absolute Gasteiger partial charge is 0.204 e. The number of aryl methyl sites for hydroxylation is 1. The maximum absolute atomic E-state index is 12.3. The van der Waals surface area contributed by atoms with Crippen molar-refractivity contribution in [2.45, 2.75) is 6.92 Å². The van der Waals surface area contributed by atoms with Crippen LogP contribution >= 0.6 is 11.3 Å². The number of thiazole rings is 1. The summed E-state index contributed by atoms with van der Waals surface area (Å²) < 4.78 is 0. The van der Waals surface area contributed by atoms with E-state index in [1.54, 1.807) is 11.7 Å². The Kier molecular flexibility index (Phi) is 2.64. The van der Waals surface area contributed by atoms with Crippen LogP contribution in [0.3, 0.4) is 0 Å². The number of aromatic nitrogens is 2. The molecule has 0 aliphatic rings. The average Bonchev–Trinajstić information content (AvgIpc) is 2.83. The molecule has 0 spiro atoms. The first-order valence-electron chi connectivity index (χ1n) is 5.55. The monoisotopic (exact) mass is 254 g/mol. The van der Waals surface area contributed by atoms with Crippen molar-refractivity contribution in [3.05, 3.63) is 58.2 Å². The highest BCUT2D eigenvalue weighted by Gasteiger charge is 2.14. The minimum Gasteiger partial charge on any atom is -0.288 e. The highest BCUT2D eigenvalue weighted by Crippen LogP contribution is 2.20. The predicted octanol–water partition coefficient (Wildman–Crippen LogP) is 3.23. The van der Waals surface area contributed by atoms with Gasteiger partial charge in [0.15, 0.2) is 0 Å². The van der Waals surface area contributed by atoms with Crippen molar-refractivity contribution in [1.82, 2.24) is 9.97 Å². The van der Waals surface area contributed by atoms with Crippen LogP contribution in [0.15, 0.2) is 42.0 Å². The quantitative estimate of drug-likeness (QED) is 0.659. The van der Waals surface area contributed by atoms with Gasteiger partial charge < -0.3 is 0 Å². The molecule has 0 bridgehead atoms. The van der Waals surface area contributed by atoms with Gasteiger partial charge in [-0.05, 0) is 31.2 Å². The molecule has 2 aromatic heterocycles. The zero-order chi connectivity index (χ0) is 12.5. The molecule has 0 unspecified atom stereocenters. The highest BCUT2D eigenvalue weighted by molar-refractivity contribution is 7.12. The molecule has 0 aliphatic carbocycles. The first kappa shape index (κ1) is 11.0. The molecule has 0 N–H and O–H groups in total. The summed E-state index contributed by atoms with van der Waals surface area (Å²) in [6.45, 7) is 1.85. The molecule has 88 valence electrons. The standard InChI is InChI=1S/C14H10N2OS/c1-9-14(18-8-16-9)13(17)11-4-5-12-10(7-11)3-2-6-15-12/h2-8H,1H3. The number of benzene rings is 1. The van der Waals surface area contributed by atoms with Crippen LogP contribution in [0, 0.1) is 6.92 Å². The SMILES string of the molecule is Cc1ncsc1C(=O)c1ccc2ncccc2c1. The van der Waals surface area contributed by atoms with Crippen molar-refractivity contribution >= 4 is 28.0 Å². The van der Waals surface area contributed by atoms with E-state index in [9.17, 15) is 4.79 Å². The van der Waals surface area contributed by atoms with E-state index >= 15 is 0 Å². The van der Waals surface area contributed by atoms with Gasteiger partial charge >= 0.3 is 0 Å². The molecule has 3 rings (SSSR count). The maximum Gasteiger partial charge on any atom is 0.204 e. The van der Waals surface area contributed by atoms with Crippen LogP contribution in [0.4, 0.5) is 0 Å². The van der Waals surface area contributed by atoms with E-state index in [0.717, 1.165) is 16.6 Å².